The predicted molar refractivity (Wildman–Crippen MR) is 67.5 cm³/mol. The lowest BCUT2D eigenvalue weighted by molar-refractivity contribution is -0.143. The molecular weight excluding hydrogens is 302 g/mol. The molecule has 1 aromatic rings. The molecule has 0 bridgehead atoms. The molecule has 1 fully saturated rings. The molecular formula is C12H14BrNO4. The summed E-state index contributed by atoms with van der Waals surface area (Å²) in [6.45, 7) is 2.23. The van der Waals surface area contributed by atoms with Crippen molar-refractivity contribution in [1.82, 2.24) is 4.90 Å². The first kappa shape index (κ1) is 13.1. The Bertz CT molecular complexity index is 482. The fraction of sp³-hybridized carbons (Fsp3) is 0.500. The predicted octanol–water partition coefficient (Wildman–Crippen LogP) is 2.43. The van der Waals surface area contributed by atoms with Crippen molar-refractivity contribution in [3.63, 3.8) is 0 Å². The van der Waals surface area contributed by atoms with E-state index < -0.39 is 12.0 Å². The number of rotatable bonds is 2. The Kier molecular flexibility index (Phi) is 3.75. The molecule has 1 amide bonds. The van der Waals surface area contributed by atoms with Crippen LogP contribution in [0.3, 0.4) is 0 Å². The lowest BCUT2D eigenvalue weighted by atomic mass is 10.0. The number of carbonyl (C=O) groups is 2. The number of carbonyl (C=O) groups excluding carboxylic acids is 1. The van der Waals surface area contributed by atoms with Crippen LogP contribution >= 0.6 is 15.9 Å². The van der Waals surface area contributed by atoms with Gasteiger partial charge in [0.1, 0.15) is 6.04 Å². The zero-order chi connectivity index (χ0) is 13.3. The molecule has 18 heavy (non-hydrogen) atoms. The number of carboxylic acids is 1. The van der Waals surface area contributed by atoms with Gasteiger partial charge in [-0.3, -0.25) is 4.79 Å². The van der Waals surface area contributed by atoms with E-state index in [1.54, 1.807) is 13.0 Å². The minimum Gasteiger partial charge on any atom is -0.480 e. The van der Waals surface area contributed by atoms with Gasteiger partial charge in [0.15, 0.2) is 10.4 Å². The van der Waals surface area contributed by atoms with Crippen LogP contribution in [0, 0.1) is 6.92 Å². The summed E-state index contributed by atoms with van der Waals surface area (Å²) in [5.41, 5.74) is 0.710. The van der Waals surface area contributed by atoms with Gasteiger partial charge in [0.2, 0.25) is 0 Å². The molecule has 0 unspecified atom stereocenters. The Hall–Kier alpha value is -1.30. The third-order valence-corrected chi connectivity index (χ3v) is 3.52. The molecule has 2 rings (SSSR count). The van der Waals surface area contributed by atoms with E-state index in [1.807, 2.05) is 0 Å². The Labute approximate surface area is 113 Å². The number of amides is 1. The SMILES string of the molecule is Cc1cc(Br)oc1C(=O)N1CCCC[C@@H]1C(=O)O. The maximum absolute atomic E-state index is 12.3. The minimum atomic E-state index is -0.952. The Morgan fingerprint density at radius 1 is 1.50 bits per heavy atom. The van der Waals surface area contributed by atoms with Gasteiger partial charge in [-0.15, -0.1) is 0 Å². The number of furan rings is 1. The molecule has 98 valence electrons. The molecule has 5 nitrogen and oxygen atoms in total. The Morgan fingerprint density at radius 3 is 2.78 bits per heavy atom. The summed E-state index contributed by atoms with van der Waals surface area (Å²) in [7, 11) is 0. The van der Waals surface area contributed by atoms with Crippen LogP contribution in [0.5, 0.6) is 0 Å². The van der Waals surface area contributed by atoms with E-state index in [-0.39, 0.29) is 11.7 Å². The van der Waals surface area contributed by atoms with Crippen LogP contribution in [0.4, 0.5) is 0 Å². The van der Waals surface area contributed by atoms with Crippen LogP contribution in [0.1, 0.15) is 35.4 Å². The number of carboxylic acid groups (broad SMARTS) is 1. The molecule has 0 aromatic carbocycles. The number of piperidine rings is 1. The largest absolute Gasteiger partial charge is 0.480 e. The Morgan fingerprint density at radius 2 is 2.22 bits per heavy atom. The second-order valence-electron chi connectivity index (χ2n) is 4.41. The van der Waals surface area contributed by atoms with Gasteiger partial charge in [-0.2, -0.15) is 0 Å². The fourth-order valence-electron chi connectivity index (χ4n) is 2.22. The van der Waals surface area contributed by atoms with Crippen LogP contribution in [-0.2, 0) is 4.79 Å². The standard InChI is InChI=1S/C12H14BrNO4/c1-7-6-9(13)18-10(7)11(15)14-5-3-2-4-8(14)12(16)17/h6,8H,2-5H2,1H3,(H,16,17)/t8-/m1/s1. The first-order chi connectivity index (χ1) is 8.50. The van der Waals surface area contributed by atoms with E-state index in [0.717, 1.165) is 12.8 Å². The monoisotopic (exact) mass is 315 g/mol. The maximum Gasteiger partial charge on any atom is 0.326 e. The topological polar surface area (TPSA) is 70.8 Å². The zero-order valence-corrected chi connectivity index (χ0v) is 11.6. The van der Waals surface area contributed by atoms with Gasteiger partial charge in [-0.05, 0) is 48.2 Å². The average Bonchev–Trinajstić information content (AvgIpc) is 2.67. The number of aliphatic carboxylic acids is 1. The molecule has 0 radical (unpaired) electrons. The normalized spacial score (nSPS) is 19.9. The van der Waals surface area contributed by atoms with Crippen molar-refractivity contribution in [1.29, 1.82) is 0 Å². The number of aryl methyl sites for hydroxylation is 1. The summed E-state index contributed by atoms with van der Waals surface area (Å²) < 4.78 is 5.77. The van der Waals surface area contributed by atoms with E-state index >= 15 is 0 Å². The molecule has 1 atom stereocenters. The number of hydrogen-bond donors (Lipinski definition) is 1. The van der Waals surface area contributed by atoms with Gasteiger partial charge in [0.05, 0.1) is 0 Å². The highest BCUT2D eigenvalue weighted by Gasteiger charge is 2.34. The first-order valence-electron chi connectivity index (χ1n) is 5.80. The molecule has 1 aliphatic rings. The summed E-state index contributed by atoms with van der Waals surface area (Å²) in [6.07, 6.45) is 2.17. The molecule has 0 saturated carbocycles. The highest BCUT2D eigenvalue weighted by atomic mass is 79.9. The van der Waals surface area contributed by atoms with Crippen molar-refractivity contribution >= 4 is 27.8 Å². The van der Waals surface area contributed by atoms with Crippen molar-refractivity contribution < 1.29 is 19.1 Å². The van der Waals surface area contributed by atoms with E-state index in [1.165, 1.54) is 4.90 Å². The molecule has 1 N–H and O–H groups in total. The van der Waals surface area contributed by atoms with Crippen LogP contribution in [0.2, 0.25) is 0 Å². The van der Waals surface area contributed by atoms with Gasteiger partial charge in [-0.25, -0.2) is 4.79 Å². The van der Waals surface area contributed by atoms with E-state index in [9.17, 15) is 9.59 Å². The van der Waals surface area contributed by atoms with E-state index in [0.29, 0.717) is 23.2 Å². The molecule has 1 saturated heterocycles. The van der Waals surface area contributed by atoms with Crippen molar-refractivity contribution in [2.45, 2.75) is 32.2 Å². The van der Waals surface area contributed by atoms with Crippen LogP contribution in [0.15, 0.2) is 15.2 Å². The lowest BCUT2D eigenvalue weighted by Crippen LogP contribution is -2.48. The van der Waals surface area contributed by atoms with Crippen molar-refractivity contribution in [3.05, 3.63) is 22.1 Å². The molecule has 1 aliphatic heterocycles. The molecule has 1 aromatic heterocycles. The van der Waals surface area contributed by atoms with E-state index in [2.05, 4.69) is 15.9 Å². The fourth-order valence-corrected chi connectivity index (χ4v) is 2.72. The number of hydrogen-bond acceptors (Lipinski definition) is 3. The Balaban J connectivity index is 2.26. The molecule has 0 spiro atoms. The average molecular weight is 316 g/mol. The van der Waals surface area contributed by atoms with Gasteiger partial charge in [0, 0.05) is 12.1 Å². The quantitative estimate of drug-likeness (QED) is 0.910. The number of likely N-dealkylation sites (tertiary alicyclic amines) is 1. The zero-order valence-electron chi connectivity index (χ0n) is 9.98. The summed E-state index contributed by atoms with van der Waals surface area (Å²) in [5.74, 6) is -1.08. The van der Waals surface area contributed by atoms with Gasteiger partial charge in [0.25, 0.3) is 5.91 Å². The first-order valence-corrected chi connectivity index (χ1v) is 6.59. The van der Waals surface area contributed by atoms with Crippen molar-refractivity contribution in [3.8, 4) is 0 Å². The highest BCUT2D eigenvalue weighted by Crippen LogP contribution is 2.25. The number of nitrogens with zero attached hydrogens (tertiary/aromatic N) is 1. The smallest absolute Gasteiger partial charge is 0.326 e. The maximum atomic E-state index is 12.3. The second-order valence-corrected chi connectivity index (χ2v) is 5.19. The summed E-state index contributed by atoms with van der Waals surface area (Å²) in [6, 6.07) is 0.960. The summed E-state index contributed by atoms with van der Waals surface area (Å²) in [4.78, 5) is 24.8. The van der Waals surface area contributed by atoms with Crippen molar-refractivity contribution in [2.75, 3.05) is 6.54 Å². The molecule has 0 aliphatic carbocycles. The van der Waals surface area contributed by atoms with Crippen LogP contribution < -0.4 is 0 Å². The van der Waals surface area contributed by atoms with E-state index in [4.69, 9.17) is 9.52 Å². The highest BCUT2D eigenvalue weighted by molar-refractivity contribution is 9.10. The minimum absolute atomic E-state index is 0.218. The molecule has 6 heteroatoms. The summed E-state index contributed by atoms with van der Waals surface area (Å²) in [5, 5.41) is 9.15. The van der Waals surface area contributed by atoms with Crippen LogP contribution in [-0.4, -0.2) is 34.5 Å². The third kappa shape index (κ3) is 2.43. The third-order valence-electron chi connectivity index (χ3n) is 3.13. The van der Waals surface area contributed by atoms with Crippen LogP contribution in [0.25, 0.3) is 0 Å². The second kappa shape index (κ2) is 5.14. The summed E-state index contributed by atoms with van der Waals surface area (Å²) >= 11 is 3.17. The van der Waals surface area contributed by atoms with Gasteiger partial charge < -0.3 is 14.4 Å². The van der Waals surface area contributed by atoms with Crippen molar-refractivity contribution in [2.24, 2.45) is 0 Å². The molecule has 2 heterocycles. The lowest BCUT2D eigenvalue weighted by Gasteiger charge is -2.32. The van der Waals surface area contributed by atoms with Gasteiger partial charge >= 0.3 is 5.97 Å². The van der Waals surface area contributed by atoms with Gasteiger partial charge in [-0.1, -0.05) is 0 Å². The number of halogens is 1.